The minimum absolute atomic E-state index is 0.0910. The van der Waals surface area contributed by atoms with Crippen molar-refractivity contribution in [2.75, 3.05) is 20.8 Å². The van der Waals surface area contributed by atoms with Crippen molar-refractivity contribution in [3.8, 4) is 0 Å². The first-order valence-electron chi connectivity index (χ1n) is 4.34. The minimum atomic E-state index is -2.52. The van der Waals surface area contributed by atoms with Gasteiger partial charge in [-0.15, -0.1) is 0 Å². The molecule has 0 aliphatic carbocycles. The standard InChI is InChI=1S/C8H20NO2P/c1-6-7-8(2)11-12(5,10)9(3)4/h8H,6-7H2,1-5H3. The Kier molecular flexibility index (Phi) is 5.07. The highest BCUT2D eigenvalue weighted by molar-refractivity contribution is 7.55. The summed E-state index contributed by atoms with van der Waals surface area (Å²) in [5, 5.41) is 0. The van der Waals surface area contributed by atoms with Crippen LogP contribution in [0.3, 0.4) is 0 Å². The van der Waals surface area contributed by atoms with Crippen molar-refractivity contribution in [1.82, 2.24) is 4.67 Å². The van der Waals surface area contributed by atoms with Gasteiger partial charge >= 0.3 is 0 Å². The Bertz CT molecular complexity index is 170. The summed E-state index contributed by atoms with van der Waals surface area (Å²) in [6.07, 6.45) is 2.12. The van der Waals surface area contributed by atoms with Crippen LogP contribution in [-0.2, 0) is 9.09 Å². The molecule has 0 aliphatic rings. The van der Waals surface area contributed by atoms with Crippen LogP contribution in [0.1, 0.15) is 26.7 Å². The predicted molar refractivity (Wildman–Crippen MR) is 52.7 cm³/mol. The summed E-state index contributed by atoms with van der Waals surface area (Å²) in [6.45, 7) is 5.71. The van der Waals surface area contributed by atoms with Gasteiger partial charge in [0.2, 0.25) is 0 Å². The summed E-state index contributed by atoms with van der Waals surface area (Å²) in [4.78, 5) is 0. The largest absolute Gasteiger partial charge is 0.315 e. The van der Waals surface area contributed by atoms with Crippen molar-refractivity contribution in [3.63, 3.8) is 0 Å². The molecule has 0 rings (SSSR count). The highest BCUT2D eigenvalue weighted by Gasteiger charge is 2.21. The summed E-state index contributed by atoms with van der Waals surface area (Å²) < 4.78 is 18.8. The van der Waals surface area contributed by atoms with Gasteiger partial charge in [0.15, 0.2) is 0 Å². The van der Waals surface area contributed by atoms with Crippen LogP contribution in [0.4, 0.5) is 0 Å². The lowest BCUT2D eigenvalue weighted by Crippen LogP contribution is -2.15. The molecule has 2 atom stereocenters. The average molecular weight is 193 g/mol. The van der Waals surface area contributed by atoms with E-state index in [9.17, 15) is 4.57 Å². The van der Waals surface area contributed by atoms with Crippen molar-refractivity contribution < 1.29 is 9.09 Å². The molecule has 74 valence electrons. The summed E-state index contributed by atoms with van der Waals surface area (Å²) in [5.41, 5.74) is 0. The third kappa shape index (κ3) is 4.24. The van der Waals surface area contributed by atoms with Gasteiger partial charge in [-0.1, -0.05) is 13.3 Å². The molecule has 0 heterocycles. The van der Waals surface area contributed by atoms with Crippen LogP contribution in [0, 0.1) is 0 Å². The van der Waals surface area contributed by atoms with E-state index in [0.717, 1.165) is 12.8 Å². The van der Waals surface area contributed by atoms with Crippen molar-refractivity contribution in [1.29, 1.82) is 0 Å². The van der Waals surface area contributed by atoms with Crippen molar-refractivity contribution in [2.45, 2.75) is 32.8 Å². The van der Waals surface area contributed by atoms with Crippen LogP contribution in [0.25, 0.3) is 0 Å². The molecule has 0 bridgehead atoms. The van der Waals surface area contributed by atoms with Crippen LogP contribution >= 0.6 is 7.52 Å². The zero-order valence-corrected chi connectivity index (χ0v) is 9.60. The van der Waals surface area contributed by atoms with E-state index in [0.29, 0.717) is 0 Å². The van der Waals surface area contributed by atoms with Crippen LogP contribution in [0.5, 0.6) is 0 Å². The maximum absolute atomic E-state index is 11.7. The molecule has 12 heavy (non-hydrogen) atoms. The molecule has 0 radical (unpaired) electrons. The van der Waals surface area contributed by atoms with Gasteiger partial charge in [0.25, 0.3) is 7.52 Å². The van der Waals surface area contributed by atoms with Gasteiger partial charge in [0, 0.05) is 6.66 Å². The number of hydrogen-bond acceptors (Lipinski definition) is 2. The van der Waals surface area contributed by atoms with E-state index in [1.165, 1.54) is 0 Å². The molecule has 4 heteroatoms. The average Bonchev–Trinajstić information content (AvgIpc) is 1.85. The molecule has 0 aromatic rings. The van der Waals surface area contributed by atoms with Gasteiger partial charge in [-0.25, -0.2) is 4.67 Å². The molecule has 0 fully saturated rings. The van der Waals surface area contributed by atoms with Crippen molar-refractivity contribution in [2.24, 2.45) is 0 Å². The Labute approximate surface area is 75.6 Å². The van der Waals surface area contributed by atoms with E-state index in [4.69, 9.17) is 4.52 Å². The Morgan fingerprint density at radius 2 is 2.00 bits per heavy atom. The van der Waals surface area contributed by atoms with E-state index in [1.807, 2.05) is 6.92 Å². The summed E-state index contributed by atoms with van der Waals surface area (Å²) in [6, 6.07) is 0. The SMILES string of the molecule is CCCC(C)OP(C)(=O)N(C)C. The summed E-state index contributed by atoms with van der Waals surface area (Å²) in [7, 11) is 1.04. The topological polar surface area (TPSA) is 29.5 Å². The zero-order chi connectivity index (χ0) is 9.78. The molecular weight excluding hydrogens is 173 g/mol. The smallest absolute Gasteiger partial charge is 0.269 e. The van der Waals surface area contributed by atoms with Crippen LogP contribution in [0.2, 0.25) is 0 Å². The van der Waals surface area contributed by atoms with Gasteiger partial charge in [0.05, 0.1) is 6.10 Å². The molecule has 0 saturated carbocycles. The molecule has 3 nitrogen and oxygen atoms in total. The molecule has 0 aromatic heterocycles. The highest BCUT2D eigenvalue weighted by atomic mass is 31.2. The fourth-order valence-electron chi connectivity index (χ4n) is 0.887. The second kappa shape index (κ2) is 5.00. The van der Waals surface area contributed by atoms with Gasteiger partial charge < -0.3 is 4.52 Å². The van der Waals surface area contributed by atoms with Crippen LogP contribution in [-0.4, -0.2) is 31.5 Å². The zero-order valence-electron chi connectivity index (χ0n) is 8.70. The molecule has 0 N–H and O–H groups in total. The third-order valence-electron chi connectivity index (χ3n) is 1.80. The molecule has 2 unspecified atom stereocenters. The van der Waals surface area contributed by atoms with Crippen LogP contribution < -0.4 is 0 Å². The minimum Gasteiger partial charge on any atom is -0.315 e. The molecule has 0 saturated heterocycles. The number of nitrogens with zero attached hydrogens (tertiary/aromatic N) is 1. The summed E-state index contributed by atoms with van der Waals surface area (Å²) >= 11 is 0. The Morgan fingerprint density at radius 1 is 1.50 bits per heavy atom. The lowest BCUT2D eigenvalue weighted by atomic mass is 10.2. The Hall–Kier alpha value is 0.150. The molecule has 0 aromatic carbocycles. The normalized spacial score (nSPS) is 19.2. The monoisotopic (exact) mass is 193 g/mol. The summed E-state index contributed by atoms with van der Waals surface area (Å²) in [5.74, 6) is 0. The quantitative estimate of drug-likeness (QED) is 0.628. The maximum atomic E-state index is 11.7. The van der Waals surface area contributed by atoms with E-state index >= 15 is 0 Å². The van der Waals surface area contributed by atoms with Crippen LogP contribution in [0.15, 0.2) is 0 Å². The lowest BCUT2D eigenvalue weighted by Gasteiger charge is -2.24. The van der Waals surface area contributed by atoms with Crippen molar-refractivity contribution >= 4 is 7.52 Å². The van der Waals surface area contributed by atoms with Gasteiger partial charge in [-0.2, -0.15) is 0 Å². The molecule has 0 spiro atoms. The highest BCUT2D eigenvalue weighted by Crippen LogP contribution is 2.45. The fraction of sp³-hybridized carbons (Fsp3) is 1.00. The van der Waals surface area contributed by atoms with Gasteiger partial charge in [-0.05, 0) is 27.4 Å². The predicted octanol–water partition coefficient (Wildman–Crippen LogP) is 2.58. The molecular formula is C8H20NO2P. The van der Waals surface area contributed by atoms with E-state index in [1.54, 1.807) is 25.4 Å². The molecule has 0 aliphatic heterocycles. The van der Waals surface area contributed by atoms with Crippen molar-refractivity contribution in [3.05, 3.63) is 0 Å². The fourth-order valence-corrected chi connectivity index (χ4v) is 1.85. The second-order valence-electron chi connectivity index (χ2n) is 3.35. The molecule has 0 amide bonds. The second-order valence-corrected chi connectivity index (χ2v) is 5.97. The first-order valence-corrected chi connectivity index (χ1v) is 6.36. The number of hydrogen-bond donors (Lipinski definition) is 0. The first kappa shape index (κ1) is 12.2. The van der Waals surface area contributed by atoms with E-state index in [-0.39, 0.29) is 6.10 Å². The first-order chi connectivity index (χ1) is 5.40. The maximum Gasteiger partial charge on any atom is 0.269 e. The van der Waals surface area contributed by atoms with E-state index < -0.39 is 7.52 Å². The van der Waals surface area contributed by atoms with Gasteiger partial charge in [-0.3, -0.25) is 4.57 Å². The van der Waals surface area contributed by atoms with Gasteiger partial charge in [0.1, 0.15) is 0 Å². The third-order valence-corrected chi connectivity index (χ3v) is 4.00. The Balaban J connectivity index is 3.97. The lowest BCUT2D eigenvalue weighted by molar-refractivity contribution is 0.196. The Morgan fingerprint density at radius 3 is 2.33 bits per heavy atom. The number of rotatable bonds is 5. The van der Waals surface area contributed by atoms with E-state index in [2.05, 4.69) is 6.92 Å².